The lowest BCUT2D eigenvalue weighted by molar-refractivity contribution is -0.133. The highest BCUT2D eigenvalue weighted by Crippen LogP contribution is 2.41. The Bertz CT molecular complexity index is 1580. The van der Waals surface area contributed by atoms with E-state index in [4.69, 9.17) is 9.47 Å². The average molecular weight is 490 g/mol. The fourth-order valence-corrected chi connectivity index (χ4v) is 4.96. The van der Waals surface area contributed by atoms with Crippen LogP contribution in [0, 0.1) is 0 Å². The summed E-state index contributed by atoms with van der Waals surface area (Å²) in [5.41, 5.74) is 2.52. The summed E-state index contributed by atoms with van der Waals surface area (Å²) in [5.74, 6) is 1.07. The average Bonchev–Trinajstić information content (AvgIpc) is 3.33. The van der Waals surface area contributed by atoms with E-state index in [0.717, 1.165) is 21.3 Å². The number of rotatable bonds is 5. The van der Waals surface area contributed by atoms with Gasteiger partial charge in [0, 0.05) is 20.6 Å². The van der Waals surface area contributed by atoms with Crippen LogP contribution in [-0.2, 0) is 31.9 Å². The van der Waals surface area contributed by atoms with Crippen molar-refractivity contribution in [2.24, 2.45) is 14.1 Å². The molecule has 10 heteroatoms. The number of fused-ring (bicyclic) bond motifs is 2. The molecule has 1 amide bonds. The van der Waals surface area contributed by atoms with Crippen molar-refractivity contribution in [1.82, 2.24) is 23.6 Å². The molecule has 4 aromatic rings. The molecule has 2 aromatic carbocycles. The standard InChI is InChI=1S/C26H27N5O5/c1-28-24-23(25(33)29(2)26(28)34)30(15-27-24)14-21(32)31-11-10-17-12-19(35-3)20(36-4)13-18(17)22(31)16-8-6-5-7-9-16/h5-9,12-13,15,22H,10-11,14H2,1-4H3. The Morgan fingerprint density at radius 1 is 1.03 bits per heavy atom. The first kappa shape index (κ1) is 23.4. The molecule has 1 atom stereocenters. The van der Waals surface area contributed by atoms with Crippen LogP contribution >= 0.6 is 0 Å². The van der Waals surface area contributed by atoms with Crippen molar-refractivity contribution in [2.45, 2.75) is 19.0 Å². The molecule has 0 aliphatic carbocycles. The SMILES string of the molecule is COc1cc2c(cc1OC)C(c1ccccc1)N(C(=O)Cn1cnc3c1c(=O)n(C)c(=O)n3C)CC2. The van der Waals surface area contributed by atoms with Crippen LogP contribution in [0.4, 0.5) is 0 Å². The normalized spacial score (nSPS) is 15.1. The highest BCUT2D eigenvalue weighted by atomic mass is 16.5. The smallest absolute Gasteiger partial charge is 0.332 e. The predicted molar refractivity (Wildman–Crippen MR) is 133 cm³/mol. The summed E-state index contributed by atoms with van der Waals surface area (Å²) in [6.07, 6.45) is 2.08. The highest BCUT2D eigenvalue weighted by Gasteiger charge is 2.33. The molecule has 10 nitrogen and oxygen atoms in total. The van der Waals surface area contributed by atoms with E-state index in [1.165, 1.54) is 22.5 Å². The monoisotopic (exact) mass is 489 g/mol. The molecule has 0 saturated carbocycles. The lowest BCUT2D eigenvalue weighted by atomic mass is 9.87. The molecular weight excluding hydrogens is 462 g/mol. The summed E-state index contributed by atoms with van der Waals surface area (Å²) in [6, 6.07) is 13.4. The van der Waals surface area contributed by atoms with Crippen molar-refractivity contribution in [3.8, 4) is 11.5 Å². The first-order valence-corrected chi connectivity index (χ1v) is 11.6. The first-order chi connectivity index (χ1) is 17.3. The molecule has 0 spiro atoms. The molecule has 0 N–H and O–H groups in total. The number of carbonyl (C=O) groups is 1. The molecule has 5 rings (SSSR count). The minimum atomic E-state index is -0.487. The molecule has 3 heterocycles. The zero-order valence-corrected chi connectivity index (χ0v) is 20.6. The lowest BCUT2D eigenvalue weighted by Crippen LogP contribution is -2.42. The molecule has 0 bridgehead atoms. The topological polar surface area (TPSA) is 101 Å². The summed E-state index contributed by atoms with van der Waals surface area (Å²) >= 11 is 0. The Hall–Kier alpha value is -4.34. The van der Waals surface area contributed by atoms with E-state index in [1.54, 1.807) is 21.3 Å². The van der Waals surface area contributed by atoms with Crippen molar-refractivity contribution in [1.29, 1.82) is 0 Å². The molecule has 1 unspecified atom stereocenters. The zero-order chi connectivity index (χ0) is 25.6. The summed E-state index contributed by atoms with van der Waals surface area (Å²) in [4.78, 5) is 45.0. The molecule has 1 aliphatic heterocycles. The maximum absolute atomic E-state index is 13.8. The number of aromatic nitrogens is 4. The van der Waals surface area contributed by atoms with Crippen LogP contribution in [-0.4, -0.2) is 50.3 Å². The number of carbonyl (C=O) groups excluding carboxylic acids is 1. The quantitative estimate of drug-likeness (QED) is 0.422. The van der Waals surface area contributed by atoms with E-state index >= 15 is 0 Å². The molecule has 1 aliphatic rings. The first-order valence-electron chi connectivity index (χ1n) is 11.6. The number of aryl methyl sites for hydroxylation is 1. The van der Waals surface area contributed by atoms with Crippen molar-refractivity contribution in [3.05, 3.63) is 86.3 Å². The molecule has 186 valence electrons. The largest absolute Gasteiger partial charge is 0.493 e. The Labute approximate surface area is 206 Å². The van der Waals surface area contributed by atoms with E-state index < -0.39 is 11.2 Å². The maximum Gasteiger partial charge on any atom is 0.332 e. The van der Waals surface area contributed by atoms with Gasteiger partial charge in [0.15, 0.2) is 22.7 Å². The Morgan fingerprint density at radius 2 is 1.72 bits per heavy atom. The van der Waals surface area contributed by atoms with Gasteiger partial charge < -0.3 is 18.9 Å². The van der Waals surface area contributed by atoms with Gasteiger partial charge in [-0.1, -0.05) is 30.3 Å². The number of ether oxygens (including phenoxy) is 2. The van der Waals surface area contributed by atoms with E-state index in [2.05, 4.69) is 4.98 Å². The summed E-state index contributed by atoms with van der Waals surface area (Å²) in [6.45, 7) is 0.403. The highest BCUT2D eigenvalue weighted by molar-refractivity contribution is 5.80. The summed E-state index contributed by atoms with van der Waals surface area (Å²) < 4.78 is 14.9. The van der Waals surface area contributed by atoms with Crippen molar-refractivity contribution in [2.75, 3.05) is 20.8 Å². The molecule has 36 heavy (non-hydrogen) atoms. The van der Waals surface area contributed by atoms with E-state index in [9.17, 15) is 14.4 Å². The van der Waals surface area contributed by atoms with E-state index in [0.29, 0.717) is 24.5 Å². The molecule has 0 saturated heterocycles. The van der Waals surface area contributed by atoms with Gasteiger partial charge in [-0.15, -0.1) is 0 Å². The Morgan fingerprint density at radius 3 is 2.42 bits per heavy atom. The van der Waals surface area contributed by atoms with Gasteiger partial charge in [0.05, 0.1) is 26.6 Å². The number of imidazole rings is 1. The predicted octanol–water partition coefficient (Wildman–Crippen LogP) is 1.63. The van der Waals surface area contributed by atoms with Gasteiger partial charge >= 0.3 is 5.69 Å². The van der Waals surface area contributed by atoms with Gasteiger partial charge in [-0.25, -0.2) is 9.78 Å². The summed E-state index contributed by atoms with van der Waals surface area (Å²) in [5, 5.41) is 0. The van der Waals surface area contributed by atoms with Crippen molar-refractivity contribution in [3.63, 3.8) is 0 Å². The van der Waals surface area contributed by atoms with Crippen molar-refractivity contribution >= 4 is 17.1 Å². The number of methoxy groups -OCH3 is 2. The van der Waals surface area contributed by atoms with Crippen LogP contribution in [0.15, 0.2) is 58.4 Å². The number of amides is 1. The van der Waals surface area contributed by atoms with Crippen LogP contribution < -0.4 is 20.7 Å². The number of benzene rings is 2. The van der Waals surface area contributed by atoms with Crippen LogP contribution in [0.2, 0.25) is 0 Å². The third-order valence-corrected chi connectivity index (χ3v) is 6.83. The van der Waals surface area contributed by atoms with Crippen LogP contribution in [0.1, 0.15) is 22.7 Å². The second-order valence-electron chi connectivity index (χ2n) is 8.81. The van der Waals surface area contributed by atoms with Crippen LogP contribution in [0.5, 0.6) is 11.5 Å². The minimum Gasteiger partial charge on any atom is -0.493 e. The van der Waals surface area contributed by atoms with Gasteiger partial charge in [0.25, 0.3) is 5.56 Å². The number of hydrogen-bond donors (Lipinski definition) is 0. The van der Waals surface area contributed by atoms with Gasteiger partial charge in [0.2, 0.25) is 5.91 Å². The van der Waals surface area contributed by atoms with Gasteiger partial charge in [-0.05, 0) is 35.2 Å². The number of hydrogen-bond acceptors (Lipinski definition) is 6. The van der Waals surface area contributed by atoms with E-state index in [1.807, 2.05) is 47.4 Å². The van der Waals surface area contributed by atoms with Gasteiger partial charge in [-0.3, -0.25) is 18.7 Å². The second kappa shape index (κ2) is 9.03. The van der Waals surface area contributed by atoms with Crippen LogP contribution in [0.3, 0.4) is 0 Å². The summed E-state index contributed by atoms with van der Waals surface area (Å²) in [7, 11) is 6.16. The lowest BCUT2D eigenvalue weighted by Gasteiger charge is -2.38. The third kappa shape index (κ3) is 3.65. The fraction of sp³-hybridized carbons (Fsp3) is 0.308. The molecular formula is C26H27N5O5. The second-order valence-corrected chi connectivity index (χ2v) is 8.81. The minimum absolute atomic E-state index is 0.0874. The Balaban J connectivity index is 1.58. The zero-order valence-electron chi connectivity index (χ0n) is 20.6. The van der Waals surface area contributed by atoms with Crippen molar-refractivity contribution < 1.29 is 14.3 Å². The fourth-order valence-electron chi connectivity index (χ4n) is 4.96. The Kier molecular flexibility index (Phi) is 5.87. The van der Waals surface area contributed by atoms with Gasteiger partial charge in [0.1, 0.15) is 6.54 Å². The maximum atomic E-state index is 13.8. The van der Waals surface area contributed by atoms with Crippen LogP contribution in [0.25, 0.3) is 11.2 Å². The van der Waals surface area contributed by atoms with Gasteiger partial charge in [-0.2, -0.15) is 0 Å². The number of nitrogens with zero attached hydrogens (tertiary/aromatic N) is 5. The third-order valence-electron chi connectivity index (χ3n) is 6.83. The van der Waals surface area contributed by atoms with E-state index in [-0.39, 0.29) is 29.7 Å². The molecule has 2 aromatic heterocycles. The molecule has 0 radical (unpaired) electrons. The molecule has 0 fully saturated rings.